The predicted octanol–water partition coefficient (Wildman–Crippen LogP) is 3.45. The van der Waals surface area contributed by atoms with Crippen LogP contribution in [0.25, 0.3) is 33.8 Å². The van der Waals surface area contributed by atoms with Crippen molar-refractivity contribution in [3.05, 3.63) is 48.3 Å². The van der Waals surface area contributed by atoms with Gasteiger partial charge in [-0.3, -0.25) is 9.69 Å². The van der Waals surface area contributed by atoms with Gasteiger partial charge < -0.3 is 9.88 Å². The highest BCUT2D eigenvalue weighted by Crippen LogP contribution is 2.49. The SMILES string of the molecule is Cc1ncc(-c2nc3c(-c4ccc5c(c4)[C@]4(CCCN4C(C)C)C(=O)N5)ncnc3n2C)cn1. The number of carbonyl (C=O) groups is 1. The summed E-state index contributed by atoms with van der Waals surface area (Å²) in [5.41, 5.74) is 5.20. The van der Waals surface area contributed by atoms with Crippen molar-refractivity contribution < 1.29 is 4.79 Å². The number of anilines is 1. The van der Waals surface area contributed by atoms with E-state index in [0.717, 1.165) is 58.9 Å². The smallest absolute Gasteiger partial charge is 0.249 e. The standard InChI is InChI=1S/C25H26N8O/c1-14(2)33-9-5-8-25(33)18-10-16(6-7-19(18)30-24(25)34)20-21-23(29-13-28-20)32(4)22(31-21)17-11-26-15(3)27-12-17/h6-7,10-14H,5,8-9H2,1-4H3,(H,30,34)/t25-/m1/s1. The van der Waals surface area contributed by atoms with Crippen LogP contribution in [0.4, 0.5) is 5.69 Å². The molecule has 2 aliphatic rings. The van der Waals surface area contributed by atoms with Crippen LogP contribution in [-0.4, -0.2) is 52.9 Å². The van der Waals surface area contributed by atoms with Crippen molar-refractivity contribution in [1.82, 2.24) is 34.4 Å². The fourth-order valence-electron chi connectivity index (χ4n) is 5.54. The van der Waals surface area contributed by atoms with Crippen LogP contribution in [0.5, 0.6) is 0 Å². The van der Waals surface area contributed by atoms with Gasteiger partial charge in [-0.2, -0.15) is 0 Å². The Kier molecular flexibility index (Phi) is 4.54. The van der Waals surface area contributed by atoms with E-state index in [4.69, 9.17) is 4.98 Å². The third-order valence-electron chi connectivity index (χ3n) is 7.11. The van der Waals surface area contributed by atoms with Gasteiger partial charge in [0.2, 0.25) is 5.91 Å². The van der Waals surface area contributed by atoms with E-state index in [9.17, 15) is 4.79 Å². The third-order valence-corrected chi connectivity index (χ3v) is 7.11. The summed E-state index contributed by atoms with van der Waals surface area (Å²) in [6, 6.07) is 6.36. The van der Waals surface area contributed by atoms with E-state index in [1.54, 1.807) is 18.7 Å². The molecule has 9 heteroatoms. The monoisotopic (exact) mass is 454 g/mol. The van der Waals surface area contributed by atoms with E-state index in [2.05, 4.69) is 50.1 Å². The molecule has 0 radical (unpaired) electrons. The van der Waals surface area contributed by atoms with Crippen molar-refractivity contribution in [2.45, 2.75) is 45.2 Å². The first-order chi connectivity index (χ1) is 16.4. The minimum atomic E-state index is -0.625. The zero-order chi connectivity index (χ0) is 23.6. The van der Waals surface area contributed by atoms with Crippen LogP contribution in [0.1, 0.15) is 38.1 Å². The molecule has 1 fully saturated rings. The van der Waals surface area contributed by atoms with Gasteiger partial charge in [-0.05, 0) is 52.3 Å². The Morgan fingerprint density at radius 3 is 2.65 bits per heavy atom. The van der Waals surface area contributed by atoms with Gasteiger partial charge in [0.15, 0.2) is 5.65 Å². The van der Waals surface area contributed by atoms with Crippen LogP contribution in [-0.2, 0) is 17.4 Å². The molecule has 1 saturated heterocycles. The second kappa shape index (κ2) is 7.39. The summed E-state index contributed by atoms with van der Waals surface area (Å²) in [6.45, 7) is 7.07. The first-order valence-electron chi connectivity index (χ1n) is 11.6. The van der Waals surface area contributed by atoms with Gasteiger partial charge in [0.05, 0.1) is 5.56 Å². The van der Waals surface area contributed by atoms with Crippen LogP contribution >= 0.6 is 0 Å². The number of likely N-dealkylation sites (tertiary alicyclic amines) is 1. The van der Waals surface area contributed by atoms with Crippen LogP contribution in [0.15, 0.2) is 36.9 Å². The number of hydrogen-bond donors (Lipinski definition) is 1. The van der Waals surface area contributed by atoms with E-state index in [1.165, 1.54) is 0 Å². The highest BCUT2D eigenvalue weighted by atomic mass is 16.2. The molecule has 0 saturated carbocycles. The first-order valence-corrected chi connectivity index (χ1v) is 11.6. The summed E-state index contributed by atoms with van der Waals surface area (Å²) in [5.74, 6) is 1.51. The second-order valence-electron chi connectivity index (χ2n) is 9.37. The number of nitrogens with one attached hydrogen (secondary N) is 1. The van der Waals surface area contributed by atoms with Gasteiger partial charge in [0, 0.05) is 42.3 Å². The van der Waals surface area contributed by atoms with E-state index in [0.29, 0.717) is 11.3 Å². The topological polar surface area (TPSA) is 102 Å². The van der Waals surface area contributed by atoms with Crippen LogP contribution < -0.4 is 5.32 Å². The molecular weight excluding hydrogens is 428 g/mol. The minimum absolute atomic E-state index is 0.0678. The van der Waals surface area contributed by atoms with Gasteiger partial charge in [0.25, 0.3) is 0 Å². The molecule has 1 amide bonds. The third kappa shape index (κ3) is 2.83. The maximum atomic E-state index is 13.3. The van der Waals surface area contributed by atoms with Crippen LogP contribution in [0.2, 0.25) is 0 Å². The average molecular weight is 455 g/mol. The number of fused-ring (bicyclic) bond motifs is 3. The Labute approximate surface area is 197 Å². The van der Waals surface area contributed by atoms with Crippen molar-refractivity contribution in [1.29, 1.82) is 0 Å². The number of carbonyl (C=O) groups excluding carboxylic acids is 1. The molecule has 172 valence electrons. The summed E-state index contributed by atoms with van der Waals surface area (Å²) >= 11 is 0. The predicted molar refractivity (Wildman–Crippen MR) is 129 cm³/mol. The molecule has 0 aliphatic carbocycles. The lowest BCUT2D eigenvalue weighted by Crippen LogP contribution is -2.49. The van der Waals surface area contributed by atoms with Crippen LogP contribution in [0, 0.1) is 6.92 Å². The number of benzene rings is 1. The molecule has 1 spiro atoms. The molecule has 3 aromatic heterocycles. The number of imidazole rings is 1. The molecule has 9 nitrogen and oxygen atoms in total. The maximum Gasteiger partial charge on any atom is 0.249 e. The molecule has 34 heavy (non-hydrogen) atoms. The Morgan fingerprint density at radius 1 is 1.09 bits per heavy atom. The molecule has 5 heterocycles. The average Bonchev–Trinajstić information content (AvgIpc) is 3.50. The fraction of sp³-hybridized carbons (Fsp3) is 0.360. The maximum absolute atomic E-state index is 13.3. The molecule has 6 rings (SSSR count). The molecule has 1 aromatic carbocycles. The zero-order valence-corrected chi connectivity index (χ0v) is 19.7. The summed E-state index contributed by atoms with van der Waals surface area (Å²) < 4.78 is 1.94. The van der Waals surface area contributed by atoms with Crippen molar-refractivity contribution >= 4 is 22.8 Å². The van der Waals surface area contributed by atoms with Gasteiger partial charge in [-0.1, -0.05) is 6.07 Å². The second-order valence-corrected chi connectivity index (χ2v) is 9.37. The van der Waals surface area contributed by atoms with E-state index >= 15 is 0 Å². The van der Waals surface area contributed by atoms with E-state index in [1.807, 2.05) is 30.7 Å². The molecule has 4 aromatic rings. The van der Waals surface area contributed by atoms with E-state index in [-0.39, 0.29) is 11.9 Å². The van der Waals surface area contributed by atoms with Crippen LogP contribution in [0.3, 0.4) is 0 Å². The van der Waals surface area contributed by atoms with Gasteiger partial charge >= 0.3 is 0 Å². The lowest BCUT2D eigenvalue weighted by molar-refractivity contribution is -0.127. The fourth-order valence-corrected chi connectivity index (χ4v) is 5.54. The lowest BCUT2D eigenvalue weighted by atomic mass is 9.86. The number of hydrogen-bond acceptors (Lipinski definition) is 7. The lowest BCUT2D eigenvalue weighted by Gasteiger charge is -2.36. The number of aryl methyl sites for hydroxylation is 2. The van der Waals surface area contributed by atoms with Gasteiger partial charge in [-0.15, -0.1) is 0 Å². The van der Waals surface area contributed by atoms with Crippen molar-refractivity contribution in [2.75, 3.05) is 11.9 Å². The van der Waals surface area contributed by atoms with Crippen molar-refractivity contribution in [3.63, 3.8) is 0 Å². The summed E-state index contributed by atoms with van der Waals surface area (Å²) in [4.78, 5) is 38.2. The quantitative estimate of drug-likeness (QED) is 0.506. The van der Waals surface area contributed by atoms with Gasteiger partial charge in [0.1, 0.15) is 34.7 Å². The summed E-state index contributed by atoms with van der Waals surface area (Å²) in [6.07, 6.45) is 6.92. The number of nitrogens with zero attached hydrogens (tertiary/aromatic N) is 7. The highest BCUT2D eigenvalue weighted by molar-refractivity contribution is 6.07. The Morgan fingerprint density at radius 2 is 1.88 bits per heavy atom. The molecule has 1 N–H and O–H groups in total. The Balaban J connectivity index is 1.51. The van der Waals surface area contributed by atoms with E-state index < -0.39 is 5.54 Å². The molecule has 2 aliphatic heterocycles. The zero-order valence-electron chi connectivity index (χ0n) is 19.7. The normalized spacial score (nSPS) is 20.0. The molecule has 0 unspecified atom stereocenters. The number of amides is 1. The highest BCUT2D eigenvalue weighted by Gasteiger charge is 2.54. The Hall–Kier alpha value is -3.72. The minimum Gasteiger partial charge on any atom is -0.324 e. The number of rotatable bonds is 3. The first kappa shape index (κ1) is 20.9. The Bertz CT molecular complexity index is 1440. The van der Waals surface area contributed by atoms with Gasteiger partial charge in [-0.25, -0.2) is 24.9 Å². The van der Waals surface area contributed by atoms with Crippen molar-refractivity contribution in [2.24, 2.45) is 7.05 Å². The molecule has 1 atom stereocenters. The molecule has 0 bridgehead atoms. The largest absolute Gasteiger partial charge is 0.324 e. The molecular formula is C25H26N8O. The number of aromatic nitrogens is 6. The van der Waals surface area contributed by atoms with Crippen molar-refractivity contribution in [3.8, 4) is 22.6 Å². The summed E-state index contributed by atoms with van der Waals surface area (Å²) in [5, 5.41) is 3.12. The summed E-state index contributed by atoms with van der Waals surface area (Å²) in [7, 11) is 1.93.